The summed E-state index contributed by atoms with van der Waals surface area (Å²) in [6, 6.07) is 7.96. The summed E-state index contributed by atoms with van der Waals surface area (Å²) in [5, 5.41) is 4.39. The van der Waals surface area contributed by atoms with Gasteiger partial charge in [-0.25, -0.2) is 22.7 Å². The first kappa shape index (κ1) is 19.2. The van der Waals surface area contributed by atoms with Gasteiger partial charge in [-0.2, -0.15) is 0 Å². The number of hydrogen-bond acceptors (Lipinski definition) is 3. The molecule has 3 aromatic rings. The molecular formula is C21H19ClF2N4O2. The molecule has 0 unspecified atom stereocenters. The number of nitrogens with zero attached hydrogens (tertiary/aromatic N) is 4. The predicted octanol–water partition coefficient (Wildman–Crippen LogP) is 3.40. The Morgan fingerprint density at radius 1 is 1.27 bits per heavy atom. The molecule has 0 spiro atoms. The highest BCUT2D eigenvalue weighted by Gasteiger charge is 2.41. The Morgan fingerprint density at radius 3 is 2.63 bits per heavy atom. The van der Waals surface area contributed by atoms with E-state index in [9.17, 15) is 18.4 Å². The second-order valence-corrected chi connectivity index (χ2v) is 8.75. The van der Waals surface area contributed by atoms with E-state index in [1.807, 2.05) is 6.07 Å². The molecule has 1 aliphatic carbocycles. The maximum absolute atomic E-state index is 13.7. The summed E-state index contributed by atoms with van der Waals surface area (Å²) in [6.45, 7) is 1.21. The van der Waals surface area contributed by atoms with Crippen molar-refractivity contribution in [3.8, 4) is 11.3 Å². The Morgan fingerprint density at radius 2 is 2.00 bits per heavy atom. The number of benzene rings is 1. The maximum atomic E-state index is 13.7. The van der Waals surface area contributed by atoms with Crippen LogP contribution in [0, 0.1) is 5.82 Å². The summed E-state index contributed by atoms with van der Waals surface area (Å²) in [4.78, 5) is 27.0. The first-order chi connectivity index (χ1) is 14.2. The number of amides is 1. The van der Waals surface area contributed by atoms with Gasteiger partial charge in [0.2, 0.25) is 5.91 Å². The first-order valence-electron chi connectivity index (χ1n) is 9.78. The number of likely N-dealkylation sites (tertiary alicyclic amines) is 1. The molecule has 1 saturated carbocycles. The van der Waals surface area contributed by atoms with Crippen molar-refractivity contribution in [1.82, 2.24) is 19.1 Å². The van der Waals surface area contributed by atoms with Crippen molar-refractivity contribution in [2.24, 2.45) is 0 Å². The van der Waals surface area contributed by atoms with Crippen LogP contribution < -0.4 is 5.69 Å². The number of alkyl halides is 1. The topological polar surface area (TPSA) is 59.6 Å². The van der Waals surface area contributed by atoms with E-state index in [0.29, 0.717) is 22.8 Å². The van der Waals surface area contributed by atoms with Crippen molar-refractivity contribution >= 4 is 23.2 Å². The molecule has 5 rings (SSSR count). The molecule has 3 heterocycles. The van der Waals surface area contributed by atoms with E-state index in [4.69, 9.17) is 11.6 Å². The summed E-state index contributed by atoms with van der Waals surface area (Å²) in [5.41, 5.74) is 0.647. The van der Waals surface area contributed by atoms with Crippen molar-refractivity contribution in [3.63, 3.8) is 0 Å². The second-order valence-electron chi connectivity index (χ2n) is 8.34. The average molecular weight is 433 g/mol. The van der Waals surface area contributed by atoms with Gasteiger partial charge in [-0.3, -0.25) is 4.79 Å². The van der Waals surface area contributed by atoms with Gasteiger partial charge in [-0.1, -0.05) is 17.7 Å². The number of pyridine rings is 1. The molecule has 2 aliphatic rings. The molecule has 30 heavy (non-hydrogen) atoms. The molecule has 6 nitrogen and oxygen atoms in total. The highest BCUT2D eigenvalue weighted by Crippen LogP contribution is 2.42. The number of fused-ring (bicyclic) bond motifs is 1. The normalized spacial score (nSPS) is 17.9. The lowest BCUT2D eigenvalue weighted by molar-refractivity contribution is -0.144. The third-order valence-corrected chi connectivity index (χ3v) is 5.96. The molecule has 1 saturated heterocycles. The molecule has 9 heteroatoms. The average Bonchev–Trinajstić information content (AvgIpc) is 3.47. The van der Waals surface area contributed by atoms with Crippen LogP contribution in [-0.4, -0.2) is 43.7 Å². The van der Waals surface area contributed by atoms with Crippen LogP contribution in [0.15, 0.2) is 35.1 Å². The maximum Gasteiger partial charge on any atom is 0.351 e. The molecule has 1 amide bonds. The lowest BCUT2D eigenvalue weighted by Gasteiger charge is -2.42. The van der Waals surface area contributed by atoms with E-state index in [1.165, 1.54) is 28.4 Å². The molecule has 1 aliphatic heterocycles. The van der Waals surface area contributed by atoms with Gasteiger partial charge < -0.3 is 4.90 Å². The fraction of sp³-hybridized carbons (Fsp3) is 0.381. The molecule has 0 N–H and O–H groups in total. The third kappa shape index (κ3) is 3.19. The number of carbonyl (C=O) groups excluding carboxylic acids is 1. The van der Waals surface area contributed by atoms with Crippen LogP contribution in [-0.2, 0) is 11.3 Å². The van der Waals surface area contributed by atoms with Gasteiger partial charge in [-0.15, -0.1) is 5.10 Å². The summed E-state index contributed by atoms with van der Waals surface area (Å²) in [7, 11) is 0. The fourth-order valence-corrected chi connectivity index (χ4v) is 4.16. The number of halogens is 3. The van der Waals surface area contributed by atoms with Crippen LogP contribution in [0.1, 0.15) is 31.2 Å². The molecule has 156 valence electrons. The molecule has 2 aromatic heterocycles. The molecule has 2 fully saturated rings. The van der Waals surface area contributed by atoms with Crippen LogP contribution in [0.2, 0.25) is 5.02 Å². The predicted molar refractivity (Wildman–Crippen MR) is 108 cm³/mol. The zero-order valence-corrected chi connectivity index (χ0v) is 17.0. The highest BCUT2D eigenvalue weighted by atomic mass is 35.5. The van der Waals surface area contributed by atoms with Crippen molar-refractivity contribution < 1.29 is 13.6 Å². The summed E-state index contributed by atoms with van der Waals surface area (Å²) >= 11 is 5.94. The van der Waals surface area contributed by atoms with E-state index in [0.717, 1.165) is 23.1 Å². The van der Waals surface area contributed by atoms with Gasteiger partial charge in [-0.05, 0) is 49.9 Å². The smallest absolute Gasteiger partial charge is 0.335 e. The van der Waals surface area contributed by atoms with Crippen LogP contribution >= 0.6 is 11.6 Å². The number of hydrogen-bond donors (Lipinski definition) is 0. The molecule has 0 radical (unpaired) electrons. The van der Waals surface area contributed by atoms with Crippen LogP contribution in [0.3, 0.4) is 0 Å². The second kappa shape index (κ2) is 6.63. The van der Waals surface area contributed by atoms with Crippen molar-refractivity contribution in [3.05, 3.63) is 57.2 Å². The SMILES string of the molecule is CC1(F)CN(C(=O)Cn2nc3c(C4CC4)ccc(-c4ccc(F)c(Cl)c4)n3c2=O)C1. The zero-order chi connectivity index (χ0) is 21.2. The number of rotatable bonds is 4. The molecule has 1 aromatic carbocycles. The monoisotopic (exact) mass is 432 g/mol. The van der Waals surface area contributed by atoms with Gasteiger partial charge in [0.25, 0.3) is 0 Å². The summed E-state index contributed by atoms with van der Waals surface area (Å²) in [5.74, 6) is -0.573. The molecular weight excluding hydrogens is 414 g/mol. The van der Waals surface area contributed by atoms with Gasteiger partial charge >= 0.3 is 5.69 Å². The zero-order valence-electron chi connectivity index (χ0n) is 16.2. The lowest BCUT2D eigenvalue weighted by atomic mass is 9.99. The summed E-state index contributed by atoms with van der Waals surface area (Å²) in [6.07, 6.45) is 2.03. The van der Waals surface area contributed by atoms with Gasteiger partial charge in [0.1, 0.15) is 18.0 Å². The minimum absolute atomic E-state index is 0.0145. The number of aromatic nitrogens is 3. The van der Waals surface area contributed by atoms with E-state index in [2.05, 4.69) is 5.10 Å². The molecule has 0 bridgehead atoms. The van der Waals surface area contributed by atoms with Gasteiger partial charge in [0.05, 0.1) is 23.8 Å². The first-order valence-corrected chi connectivity index (χ1v) is 10.2. The van der Waals surface area contributed by atoms with E-state index in [1.54, 1.807) is 12.1 Å². The van der Waals surface area contributed by atoms with E-state index in [-0.39, 0.29) is 30.6 Å². The summed E-state index contributed by atoms with van der Waals surface area (Å²) < 4.78 is 29.9. The van der Waals surface area contributed by atoms with E-state index < -0.39 is 17.2 Å². The van der Waals surface area contributed by atoms with Crippen LogP contribution in [0.25, 0.3) is 16.9 Å². The standard InChI is InChI=1S/C21H19ClF2N4O2/c1-21(24)10-26(11-21)18(29)9-27-20(30)28-17(13-4-6-16(23)15(22)8-13)7-5-14(12-2-3-12)19(28)25-27/h4-8,12H,2-3,9-11H2,1H3. The van der Waals surface area contributed by atoms with Crippen LogP contribution in [0.5, 0.6) is 0 Å². The molecule has 0 atom stereocenters. The van der Waals surface area contributed by atoms with Crippen molar-refractivity contribution in [1.29, 1.82) is 0 Å². The third-order valence-electron chi connectivity index (χ3n) is 5.67. The quantitative estimate of drug-likeness (QED) is 0.635. The Bertz CT molecular complexity index is 1240. The largest absolute Gasteiger partial charge is 0.351 e. The highest BCUT2D eigenvalue weighted by molar-refractivity contribution is 6.31. The Hall–Kier alpha value is -2.74. The van der Waals surface area contributed by atoms with Crippen molar-refractivity contribution in [2.45, 2.75) is 37.9 Å². The number of carbonyl (C=O) groups is 1. The Balaban J connectivity index is 1.59. The Kier molecular flexibility index (Phi) is 4.25. The fourth-order valence-electron chi connectivity index (χ4n) is 3.98. The van der Waals surface area contributed by atoms with Crippen molar-refractivity contribution in [2.75, 3.05) is 13.1 Å². The van der Waals surface area contributed by atoms with E-state index >= 15 is 0 Å². The minimum Gasteiger partial charge on any atom is -0.335 e. The van der Waals surface area contributed by atoms with Crippen LogP contribution in [0.4, 0.5) is 8.78 Å². The van der Waals surface area contributed by atoms with Gasteiger partial charge in [0, 0.05) is 11.1 Å². The van der Waals surface area contributed by atoms with Gasteiger partial charge in [0.15, 0.2) is 5.65 Å². The lowest BCUT2D eigenvalue weighted by Crippen LogP contribution is -2.60. The minimum atomic E-state index is -1.38. The Labute approximate surface area is 175 Å².